The van der Waals surface area contributed by atoms with Crippen LogP contribution in [0.25, 0.3) is 0 Å². The number of halogens is 1. The fourth-order valence-electron chi connectivity index (χ4n) is 1.93. The van der Waals surface area contributed by atoms with Crippen LogP contribution in [0, 0.1) is 0 Å². The molecule has 0 fully saturated rings. The number of nitrogens with one attached hydrogen (secondary N) is 2. The number of hydrogen-bond acceptors (Lipinski definition) is 2. The SMILES string of the molecule is COc1ccccc1NC(=O)NCCc1ccccc1Cl. The third-order valence-electron chi connectivity index (χ3n) is 2.99. The van der Waals surface area contributed by atoms with Gasteiger partial charge in [0.1, 0.15) is 5.75 Å². The summed E-state index contributed by atoms with van der Waals surface area (Å²) >= 11 is 6.06. The Morgan fingerprint density at radius 3 is 2.62 bits per heavy atom. The highest BCUT2D eigenvalue weighted by Crippen LogP contribution is 2.22. The molecule has 0 aliphatic carbocycles. The van der Waals surface area contributed by atoms with Gasteiger partial charge in [-0.15, -0.1) is 0 Å². The predicted molar refractivity (Wildman–Crippen MR) is 85.2 cm³/mol. The third-order valence-corrected chi connectivity index (χ3v) is 3.36. The van der Waals surface area contributed by atoms with E-state index in [1.54, 1.807) is 19.2 Å². The second kappa shape index (κ2) is 7.55. The van der Waals surface area contributed by atoms with Gasteiger partial charge in [0.2, 0.25) is 0 Å². The smallest absolute Gasteiger partial charge is 0.319 e. The minimum Gasteiger partial charge on any atom is -0.495 e. The van der Waals surface area contributed by atoms with Crippen LogP contribution in [-0.4, -0.2) is 19.7 Å². The summed E-state index contributed by atoms with van der Waals surface area (Å²) in [6, 6.07) is 14.6. The van der Waals surface area contributed by atoms with Crippen LogP contribution >= 0.6 is 11.6 Å². The molecule has 0 heterocycles. The molecule has 0 aliphatic heterocycles. The lowest BCUT2D eigenvalue weighted by Gasteiger charge is -2.11. The molecule has 2 aromatic carbocycles. The molecular weight excluding hydrogens is 288 g/mol. The maximum Gasteiger partial charge on any atom is 0.319 e. The summed E-state index contributed by atoms with van der Waals surface area (Å²) in [5, 5.41) is 6.26. The summed E-state index contributed by atoms with van der Waals surface area (Å²) in [5.74, 6) is 0.624. The summed E-state index contributed by atoms with van der Waals surface area (Å²) in [6.07, 6.45) is 0.680. The molecule has 21 heavy (non-hydrogen) atoms. The molecule has 5 heteroatoms. The van der Waals surface area contributed by atoms with Crippen molar-refractivity contribution in [3.8, 4) is 5.75 Å². The molecule has 0 saturated carbocycles. The Kier molecular flexibility index (Phi) is 5.46. The maximum atomic E-state index is 11.8. The molecule has 2 rings (SSSR count). The highest BCUT2D eigenvalue weighted by molar-refractivity contribution is 6.31. The van der Waals surface area contributed by atoms with E-state index in [0.29, 0.717) is 29.4 Å². The quantitative estimate of drug-likeness (QED) is 0.884. The van der Waals surface area contributed by atoms with E-state index in [9.17, 15) is 4.79 Å². The number of urea groups is 1. The van der Waals surface area contributed by atoms with E-state index in [-0.39, 0.29) is 6.03 Å². The highest BCUT2D eigenvalue weighted by Gasteiger charge is 2.06. The minimum absolute atomic E-state index is 0.272. The van der Waals surface area contributed by atoms with Gasteiger partial charge in [0.15, 0.2) is 0 Å². The van der Waals surface area contributed by atoms with E-state index in [1.165, 1.54) is 0 Å². The third kappa shape index (κ3) is 4.39. The van der Waals surface area contributed by atoms with Gasteiger partial charge < -0.3 is 15.4 Å². The molecule has 0 spiro atoms. The number of carbonyl (C=O) groups excluding carboxylic acids is 1. The van der Waals surface area contributed by atoms with Crippen LogP contribution in [-0.2, 0) is 6.42 Å². The predicted octanol–water partition coefficient (Wildman–Crippen LogP) is 3.71. The fourth-order valence-corrected chi connectivity index (χ4v) is 2.16. The molecule has 0 saturated heterocycles. The number of amides is 2. The number of ether oxygens (including phenoxy) is 1. The molecule has 0 radical (unpaired) electrons. The van der Waals surface area contributed by atoms with Gasteiger partial charge in [-0.2, -0.15) is 0 Å². The van der Waals surface area contributed by atoms with Gasteiger partial charge in [-0.3, -0.25) is 0 Å². The number of para-hydroxylation sites is 2. The number of methoxy groups -OCH3 is 1. The number of anilines is 1. The van der Waals surface area contributed by atoms with Gasteiger partial charge in [0.05, 0.1) is 12.8 Å². The normalized spacial score (nSPS) is 10.0. The zero-order valence-electron chi connectivity index (χ0n) is 11.7. The van der Waals surface area contributed by atoms with Crippen molar-refractivity contribution in [2.24, 2.45) is 0 Å². The topological polar surface area (TPSA) is 50.4 Å². The standard InChI is InChI=1S/C16H17ClN2O2/c1-21-15-9-5-4-8-14(15)19-16(20)18-11-10-12-6-2-3-7-13(12)17/h2-9H,10-11H2,1H3,(H2,18,19,20). The Morgan fingerprint density at radius 1 is 1.14 bits per heavy atom. The monoisotopic (exact) mass is 304 g/mol. The molecule has 110 valence electrons. The molecule has 0 bridgehead atoms. The Morgan fingerprint density at radius 2 is 1.86 bits per heavy atom. The molecule has 2 N–H and O–H groups in total. The summed E-state index contributed by atoms with van der Waals surface area (Å²) in [4.78, 5) is 11.8. The number of hydrogen-bond donors (Lipinski definition) is 2. The van der Waals surface area contributed by atoms with Gasteiger partial charge in [-0.05, 0) is 30.2 Å². The summed E-state index contributed by atoms with van der Waals surface area (Å²) in [6.45, 7) is 0.505. The molecule has 0 atom stereocenters. The van der Waals surface area contributed by atoms with Crippen LogP contribution in [0.1, 0.15) is 5.56 Å². The van der Waals surface area contributed by atoms with Crippen molar-refractivity contribution in [2.45, 2.75) is 6.42 Å². The van der Waals surface area contributed by atoms with Crippen LogP contribution in [0.2, 0.25) is 5.02 Å². The van der Waals surface area contributed by atoms with E-state index >= 15 is 0 Å². The van der Waals surface area contributed by atoms with Gasteiger partial charge in [0.25, 0.3) is 0 Å². The maximum absolute atomic E-state index is 11.8. The largest absolute Gasteiger partial charge is 0.495 e. The lowest BCUT2D eigenvalue weighted by atomic mass is 10.1. The molecule has 0 aliphatic rings. The molecular formula is C16H17ClN2O2. The molecule has 4 nitrogen and oxygen atoms in total. The molecule has 0 unspecified atom stereocenters. The second-order valence-electron chi connectivity index (χ2n) is 4.42. The lowest BCUT2D eigenvalue weighted by molar-refractivity contribution is 0.252. The van der Waals surface area contributed by atoms with Crippen LogP contribution < -0.4 is 15.4 Å². The van der Waals surface area contributed by atoms with Crippen molar-refractivity contribution in [1.29, 1.82) is 0 Å². The van der Waals surface area contributed by atoms with Gasteiger partial charge in [0, 0.05) is 11.6 Å². The molecule has 2 amide bonds. The van der Waals surface area contributed by atoms with Crippen molar-refractivity contribution in [3.63, 3.8) is 0 Å². The van der Waals surface area contributed by atoms with Crippen LogP contribution in [0.4, 0.5) is 10.5 Å². The Labute approximate surface area is 129 Å². The van der Waals surface area contributed by atoms with E-state index < -0.39 is 0 Å². The lowest BCUT2D eigenvalue weighted by Crippen LogP contribution is -2.30. The first-order valence-electron chi connectivity index (χ1n) is 6.62. The fraction of sp³-hybridized carbons (Fsp3) is 0.188. The number of benzene rings is 2. The van der Waals surface area contributed by atoms with Crippen LogP contribution in [0.5, 0.6) is 5.75 Å². The zero-order valence-corrected chi connectivity index (χ0v) is 12.5. The number of rotatable bonds is 5. The Bertz CT molecular complexity index is 617. The first-order chi connectivity index (χ1) is 10.2. The van der Waals surface area contributed by atoms with Crippen molar-refractivity contribution in [2.75, 3.05) is 19.0 Å². The van der Waals surface area contributed by atoms with Crippen LogP contribution in [0.15, 0.2) is 48.5 Å². The Balaban J connectivity index is 1.84. The number of carbonyl (C=O) groups is 1. The van der Waals surface area contributed by atoms with Crippen molar-refractivity contribution in [1.82, 2.24) is 5.32 Å². The average Bonchev–Trinajstić information content (AvgIpc) is 2.50. The molecule has 2 aromatic rings. The van der Waals surface area contributed by atoms with Crippen molar-refractivity contribution in [3.05, 3.63) is 59.1 Å². The van der Waals surface area contributed by atoms with E-state index in [0.717, 1.165) is 5.56 Å². The van der Waals surface area contributed by atoms with Gasteiger partial charge in [-0.1, -0.05) is 41.9 Å². The van der Waals surface area contributed by atoms with E-state index in [1.807, 2.05) is 36.4 Å². The second-order valence-corrected chi connectivity index (χ2v) is 4.83. The summed E-state index contributed by atoms with van der Waals surface area (Å²) < 4.78 is 5.18. The Hall–Kier alpha value is -2.20. The van der Waals surface area contributed by atoms with Crippen molar-refractivity contribution < 1.29 is 9.53 Å². The highest BCUT2D eigenvalue weighted by atomic mass is 35.5. The van der Waals surface area contributed by atoms with Gasteiger partial charge in [-0.25, -0.2) is 4.79 Å². The molecule has 0 aromatic heterocycles. The zero-order chi connectivity index (χ0) is 15.1. The summed E-state index contributed by atoms with van der Waals surface area (Å²) in [5.41, 5.74) is 1.65. The first-order valence-corrected chi connectivity index (χ1v) is 7.00. The van der Waals surface area contributed by atoms with E-state index in [2.05, 4.69) is 10.6 Å². The first kappa shape index (κ1) is 15.2. The average molecular weight is 305 g/mol. The van der Waals surface area contributed by atoms with Gasteiger partial charge >= 0.3 is 6.03 Å². The van der Waals surface area contributed by atoms with Crippen LogP contribution in [0.3, 0.4) is 0 Å². The summed E-state index contributed by atoms with van der Waals surface area (Å²) in [7, 11) is 1.57. The van der Waals surface area contributed by atoms with Crippen molar-refractivity contribution >= 4 is 23.3 Å². The minimum atomic E-state index is -0.272. The van der Waals surface area contributed by atoms with E-state index in [4.69, 9.17) is 16.3 Å².